The standard InChI is InChI=1S/C18H8N6O.H2O4S/c25-18-16-15(19-5-6-20-16)17-23-13-7-11-12(8-14(13)24(17)18)22-10-4-2-1-3-9(10)21-11;1-5(2,3)4/h1-8H;(H2,1,2,3,4)/p-2. The van der Waals surface area contributed by atoms with E-state index in [9.17, 15) is 4.79 Å². The quantitative estimate of drug-likeness (QED) is 0.198. The topological polar surface area (TPSA) is 167 Å². The Balaban J connectivity index is 0.000000349. The average molecular weight is 420 g/mol. The summed E-state index contributed by atoms with van der Waals surface area (Å²) < 4.78 is 35.6. The van der Waals surface area contributed by atoms with Crippen LogP contribution in [-0.4, -0.2) is 52.9 Å². The maximum Gasteiger partial charge on any atom is 0.285 e. The van der Waals surface area contributed by atoms with Crippen molar-refractivity contribution in [3.05, 3.63) is 54.5 Å². The zero-order valence-electron chi connectivity index (χ0n) is 14.8. The number of hydrogen-bond acceptors (Lipinski definition) is 10. The van der Waals surface area contributed by atoms with E-state index in [2.05, 4.69) is 24.9 Å². The lowest BCUT2D eigenvalue weighted by Gasteiger charge is -2.06. The molecule has 6 rings (SSSR count). The van der Waals surface area contributed by atoms with Crippen LogP contribution in [0.3, 0.4) is 0 Å². The molecule has 0 N–H and O–H groups in total. The number of aromatic nitrogens is 6. The van der Waals surface area contributed by atoms with E-state index < -0.39 is 10.4 Å². The van der Waals surface area contributed by atoms with Crippen LogP contribution in [0.5, 0.6) is 0 Å². The Kier molecular flexibility index (Phi) is 3.83. The molecule has 12 heteroatoms. The molecule has 11 nitrogen and oxygen atoms in total. The summed E-state index contributed by atoms with van der Waals surface area (Å²) in [6.45, 7) is 0. The zero-order chi connectivity index (χ0) is 21.0. The van der Waals surface area contributed by atoms with Gasteiger partial charge in [0.25, 0.3) is 5.91 Å². The average Bonchev–Trinajstić information content (AvgIpc) is 3.19. The molecular weight excluding hydrogens is 412 g/mol. The second kappa shape index (κ2) is 6.32. The Morgan fingerprint density at radius 2 is 1.33 bits per heavy atom. The number of carbonyl (C=O) groups excluding carboxylic acids is 1. The molecule has 1 aliphatic heterocycles. The molecule has 0 saturated heterocycles. The molecule has 0 aliphatic carbocycles. The van der Waals surface area contributed by atoms with Gasteiger partial charge in [-0.3, -0.25) is 17.8 Å². The number of hydrogen-bond donors (Lipinski definition) is 0. The highest BCUT2D eigenvalue weighted by Gasteiger charge is 2.32. The Morgan fingerprint density at radius 3 is 1.97 bits per heavy atom. The summed E-state index contributed by atoms with van der Waals surface area (Å²) in [5.41, 5.74) is 5.33. The summed E-state index contributed by atoms with van der Waals surface area (Å²) in [7, 11) is -5.17. The Labute approximate surface area is 167 Å². The fourth-order valence-electron chi connectivity index (χ4n) is 3.32. The maximum absolute atomic E-state index is 12.7. The number of nitrogens with zero attached hydrogens (tertiary/aromatic N) is 6. The van der Waals surface area contributed by atoms with Crippen molar-refractivity contribution in [1.29, 1.82) is 0 Å². The number of fused-ring (bicyclic) bond motifs is 7. The van der Waals surface area contributed by atoms with Gasteiger partial charge in [0.15, 0.2) is 11.5 Å². The van der Waals surface area contributed by atoms with Crippen LogP contribution in [0.25, 0.3) is 44.6 Å². The monoisotopic (exact) mass is 420 g/mol. The summed E-state index contributed by atoms with van der Waals surface area (Å²) >= 11 is 0. The second-order valence-corrected chi connectivity index (χ2v) is 7.10. The van der Waals surface area contributed by atoms with Crippen LogP contribution < -0.4 is 0 Å². The molecule has 0 saturated carbocycles. The summed E-state index contributed by atoms with van der Waals surface area (Å²) in [6, 6.07) is 11.4. The molecule has 0 radical (unpaired) electrons. The molecule has 5 aromatic rings. The molecular formula is C18H8N6O5S-2. The van der Waals surface area contributed by atoms with Crippen LogP contribution in [0, 0.1) is 0 Å². The smallest absolute Gasteiger partial charge is 0.285 e. The first-order valence-corrected chi connectivity index (χ1v) is 9.75. The number of imidazole rings is 1. The zero-order valence-corrected chi connectivity index (χ0v) is 15.6. The van der Waals surface area contributed by atoms with E-state index in [0.29, 0.717) is 28.2 Å². The molecule has 30 heavy (non-hydrogen) atoms. The second-order valence-electron chi connectivity index (χ2n) is 6.28. The first kappa shape index (κ1) is 18.2. The molecule has 0 atom stereocenters. The van der Waals surface area contributed by atoms with Crippen LogP contribution >= 0.6 is 0 Å². The molecule has 3 aromatic heterocycles. The van der Waals surface area contributed by atoms with Crippen LogP contribution in [0.2, 0.25) is 0 Å². The predicted molar refractivity (Wildman–Crippen MR) is 102 cm³/mol. The molecule has 148 valence electrons. The summed E-state index contributed by atoms with van der Waals surface area (Å²) in [6.07, 6.45) is 3.08. The van der Waals surface area contributed by atoms with Gasteiger partial charge in [0.2, 0.25) is 0 Å². The van der Waals surface area contributed by atoms with Crippen molar-refractivity contribution in [2.75, 3.05) is 0 Å². The highest BCUT2D eigenvalue weighted by molar-refractivity contribution is 7.79. The van der Waals surface area contributed by atoms with E-state index in [1.165, 1.54) is 6.20 Å². The van der Waals surface area contributed by atoms with Crippen LogP contribution in [-0.2, 0) is 10.4 Å². The van der Waals surface area contributed by atoms with Crippen molar-refractivity contribution in [2.24, 2.45) is 0 Å². The van der Waals surface area contributed by atoms with Gasteiger partial charge in [-0.2, -0.15) is 0 Å². The van der Waals surface area contributed by atoms with Crippen LogP contribution in [0.1, 0.15) is 10.5 Å². The van der Waals surface area contributed by atoms with Gasteiger partial charge in [0, 0.05) is 22.8 Å². The third-order valence-electron chi connectivity index (χ3n) is 4.43. The van der Waals surface area contributed by atoms with Crippen molar-refractivity contribution >= 4 is 49.4 Å². The van der Waals surface area contributed by atoms with Crippen molar-refractivity contribution in [3.63, 3.8) is 0 Å². The van der Waals surface area contributed by atoms with Gasteiger partial charge < -0.3 is 9.11 Å². The predicted octanol–water partition coefficient (Wildman–Crippen LogP) is 1.25. The number of para-hydroxylation sites is 2. The number of rotatable bonds is 0. The first-order valence-electron chi connectivity index (χ1n) is 8.41. The van der Waals surface area contributed by atoms with Gasteiger partial charge in [-0.1, -0.05) is 12.1 Å². The summed E-state index contributed by atoms with van der Waals surface area (Å²) in [5.74, 6) is 0.302. The SMILES string of the molecule is O=C1c2nccnc2-c2nc3cc4nc5ccccc5nc4cc3n21.O=S(=O)([O-])[O-]. The normalized spacial score (nSPS) is 12.7. The lowest BCUT2D eigenvalue weighted by Crippen LogP contribution is -2.07. The highest BCUT2D eigenvalue weighted by Crippen LogP contribution is 2.33. The molecule has 0 unspecified atom stereocenters. The first-order chi connectivity index (χ1) is 14.3. The molecule has 1 aliphatic rings. The number of carbonyl (C=O) groups is 1. The van der Waals surface area contributed by atoms with Gasteiger partial charge in [-0.25, -0.2) is 24.9 Å². The van der Waals surface area contributed by atoms with Gasteiger partial charge in [0.1, 0.15) is 5.69 Å². The number of benzene rings is 2. The van der Waals surface area contributed by atoms with Crippen molar-refractivity contribution in [3.8, 4) is 11.5 Å². The third kappa shape index (κ3) is 2.95. The summed E-state index contributed by atoms with van der Waals surface area (Å²) in [4.78, 5) is 35.0. The lowest BCUT2D eigenvalue weighted by atomic mass is 10.2. The Morgan fingerprint density at radius 1 is 0.767 bits per heavy atom. The van der Waals surface area contributed by atoms with Crippen LogP contribution in [0.4, 0.5) is 0 Å². The van der Waals surface area contributed by atoms with E-state index in [0.717, 1.165) is 22.1 Å². The van der Waals surface area contributed by atoms with Gasteiger partial charge in [0.05, 0.1) is 33.1 Å². The Bertz CT molecular complexity index is 1600. The van der Waals surface area contributed by atoms with Crippen molar-refractivity contribution in [1.82, 2.24) is 29.5 Å². The van der Waals surface area contributed by atoms with E-state index in [-0.39, 0.29) is 5.91 Å². The minimum Gasteiger partial charge on any atom is -0.759 e. The Hall–Kier alpha value is -3.87. The fraction of sp³-hybridized carbons (Fsp3) is 0. The molecule has 0 fully saturated rings. The molecule has 0 spiro atoms. The molecule has 0 bridgehead atoms. The lowest BCUT2D eigenvalue weighted by molar-refractivity contribution is 0.0969. The van der Waals surface area contributed by atoms with E-state index in [4.69, 9.17) is 17.5 Å². The molecule has 2 aromatic carbocycles. The van der Waals surface area contributed by atoms with Gasteiger partial charge >= 0.3 is 0 Å². The third-order valence-corrected chi connectivity index (χ3v) is 4.43. The van der Waals surface area contributed by atoms with Crippen molar-refractivity contribution in [2.45, 2.75) is 0 Å². The van der Waals surface area contributed by atoms with Gasteiger partial charge in [-0.15, -0.1) is 0 Å². The molecule has 4 heterocycles. The summed E-state index contributed by atoms with van der Waals surface area (Å²) in [5, 5.41) is 0. The minimum atomic E-state index is -5.17. The maximum atomic E-state index is 12.7. The molecule has 0 amide bonds. The van der Waals surface area contributed by atoms with E-state index >= 15 is 0 Å². The fourth-order valence-corrected chi connectivity index (χ4v) is 3.32. The van der Waals surface area contributed by atoms with Crippen LogP contribution in [0.15, 0.2) is 48.8 Å². The van der Waals surface area contributed by atoms with Gasteiger partial charge in [-0.05, 0) is 24.3 Å². The van der Waals surface area contributed by atoms with E-state index in [1.54, 1.807) is 10.8 Å². The highest BCUT2D eigenvalue weighted by atomic mass is 32.3. The van der Waals surface area contributed by atoms with E-state index in [1.807, 2.05) is 36.4 Å². The van der Waals surface area contributed by atoms with Crippen molar-refractivity contribution < 1.29 is 22.3 Å². The largest absolute Gasteiger partial charge is 0.759 e. The minimum absolute atomic E-state index is 0.214.